The molecular formula is C33H27N3O2S2. The maximum atomic E-state index is 13.1. The van der Waals surface area contributed by atoms with Gasteiger partial charge in [0.2, 0.25) is 0 Å². The summed E-state index contributed by atoms with van der Waals surface area (Å²) in [6.07, 6.45) is 4.72. The van der Waals surface area contributed by atoms with Gasteiger partial charge in [-0.25, -0.2) is 4.68 Å². The van der Waals surface area contributed by atoms with Crippen LogP contribution in [-0.4, -0.2) is 31.5 Å². The normalized spacial score (nSPS) is 14.4. The molecule has 0 radical (unpaired) electrons. The van der Waals surface area contributed by atoms with Crippen LogP contribution in [0.15, 0.2) is 108 Å². The Hall–Kier alpha value is -4.20. The highest BCUT2D eigenvalue weighted by atomic mass is 32.2. The molecule has 1 saturated heterocycles. The van der Waals surface area contributed by atoms with Gasteiger partial charge in [-0.15, -0.1) is 0 Å². The summed E-state index contributed by atoms with van der Waals surface area (Å²) in [6, 6.07) is 32.5. The number of rotatable bonds is 8. The highest BCUT2D eigenvalue weighted by Gasteiger charge is 2.31. The number of carbonyl (C=O) groups excluding carboxylic acids is 1. The Balaban J connectivity index is 1.29. The van der Waals surface area contributed by atoms with Crippen LogP contribution in [0, 0.1) is 0 Å². The van der Waals surface area contributed by atoms with Crippen molar-refractivity contribution in [2.75, 3.05) is 6.54 Å². The Labute approximate surface area is 243 Å². The first-order valence-corrected chi connectivity index (χ1v) is 14.4. The second-order valence-electron chi connectivity index (χ2n) is 9.50. The lowest BCUT2D eigenvalue weighted by atomic mass is 10.1. The summed E-state index contributed by atoms with van der Waals surface area (Å²) in [4.78, 5) is 15.3. The van der Waals surface area contributed by atoms with Gasteiger partial charge in [-0.05, 0) is 65.2 Å². The molecule has 1 aliphatic heterocycles. The van der Waals surface area contributed by atoms with Gasteiger partial charge in [0.1, 0.15) is 16.7 Å². The van der Waals surface area contributed by atoms with Crippen molar-refractivity contribution in [3.05, 3.63) is 119 Å². The fourth-order valence-corrected chi connectivity index (χ4v) is 6.08. The van der Waals surface area contributed by atoms with Crippen molar-refractivity contribution in [2.45, 2.75) is 20.0 Å². The predicted octanol–water partition coefficient (Wildman–Crippen LogP) is 7.88. The van der Waals surface area contributed by atoms with Crippen LogP contribution in [0.4, 0.5) is 0 Å². The standard InChI is InChI=1S/C33H27N3O2S2/c1-2-19-35-32(37)30(40-33(35)39)20-26-21-36(27-12-4-3-5-13-27)34-31(26)24-15-17-28(18-16-24)38-22-25-11-8-10-23-9-6-7-14-29(23)25/h3-18,20-21H,2,19,22H2,1H3/b30-20-. The summed E-state index contributed by atoms with van der Waals surface area (Å²) in [6.45, 7) is 3.15. The van der Waals surface area contributed by atoms with Crippen LogP contribution in [-0.2, 0) is 11.4 Å². The number of para-hydroxylation sites is 1. The van der Waals surface area contributed by atoms with Gasteiger partial charge < -0.3 is 4.74 Å². The van der Waals surface area contributed by atoms with E-state index in [1.165, 1.54) is 22.5 Å². The molecular weight excluding hydrogens is 535 g/mol. The molecule has 7 heteroatoms. The lowest BCUT2D eigenvalue weighted by Crippen LogP contribution is -2.28. The summed E-state index contributed by atoms with van der Waals surface area (Å²) in [7, 11) is 0. The van der Waals surface area contributed by atoms with E-state index >= 15 is 0 Å². The zero-order chi connectivity index (χ0) is 27.5. The van der Waals surface area contributed by atoms with Gasteiger partial charge in [0, 0.05) is 23.9 Å². The van der Waals surface area contributed by atoms with Crippen LogP contribution in [0.25, 0.3) is 33.8 Å². The van der Waals surface area contributed by atoms with Gasteiger partial charge in [-0.3, -0.25) is 9.69 Å². The summed E-state index contributed by atoms with van der Waals surface area (Å²) in [5, 5.41) is 7.31. The van der Waals surface area contributed by atoms with Gasteiger partial charge in [0.05, 0.1) is 16.3 Å². The zero-order valence-corrected chi connectivity index (χ0v) is 23.6. The van der Waals surface area contributed by atoms with Crippen molar-refractivity contribution in [3.63, 3.8) is 0 Å². The van der Waals surface area contributed by atoms with Crippen LogP contribution in [0.3, 0.4) is 0 Å². The third kappa shape index (κ3) is 5.30. The maximum absolute atomic E-state index is 13.1. The topological polar surface area (TPSA) is 47.4 Å². The molecule has 0 N–H and O–H groups in total. The molecule has 198 valence electrons. The third-order valence-electron chi connectivity index (χ3n) is 6.77. The van der Waals surface area contributed by atoms with E-state index in [0.29, 0.717) is 22.4 Å². The smallest absolute Gasteiger partial charge is 0.266 e. The first-order valence-electron chi connectivity index (χ1n) is 13.2. The van der Waals surface area contributed by atoms with Crippen LogP contribution in [0.1, 0.15) is 24.5 Å². The van der Waals surface area contributed by atoms with Crippen LogP contribution in [0.5, 0.6) is 5.75 Å². The Morgan fingerprint density at radius 3 is 2.48 bits per heavy atom. The van der Waals surface area contributed by atoms with Gasteiger partial charge in [-0.2, -0.15) is 5.10 Å². The van der Waals surface area contributed by atoms with E-state index in [-0.39, 0.29) is 5.91 Å². The Morgan fingerprint density at radius 2 is 1.68 bits per heavy atom. The van der Waals surface area contributed by atoms with Gasteiger partial charge in [0.25, 0.3) is 5.91 Å². The van der Waals surface area contributed by atoms with Crippen LogP contribution in [0.2, 0.25) is 0 Å². The largest absolute Gasteiger partial charge is 0.489 e. The molecule has 2 heterocycles. The highest BCUT2D eigenvalue weighted by Crippen LogP contribution is 2.35. The molecule has 0 atom stereocenters. The number of aromatic nitrogens is 2. The highest BCUT2D eigenvalue weighted by molar-refractivity contribution is 8.26. The van der Waals surface area contributed by atoms with E-state index in [4.69, 9.17) is 22.1 Å². The summed E-state index contributed by atoms with van der Waals surface area (Å²) < 4.78 is 8.60. The van der Waals surface area contributed by atoms with Crippen molar-refractivity contribution < 1.29 is 9.53 Å². The van der Waals surface area contributed by atoms with Gasteiger partial charge in [-0.1, -0.05) is 91.6 Å². The molecule has 0 saturated carbocycles. The summed E-state index contributed by atoms with van der Waals surface area (Å²) >= 11 is 6.82. The maximum Gasteiger partial charge on any atom is 0.266 e. The van der Waals surface area contributed by atoms with Crippen molar-refractivity contribution >= 4 is 51.1 Å². The Bertz CT molecular complexity index is 1720. The van der Waals surface area contributed by atoms with E-state index in [1.54, 1.807) is 4.90 Å². The minimum Gasteiger partial charge on any atom is -0.489 e. The van der Waals surface area contributed by atoms with Gasteiger partial charge in [0.15, 0.2) is 0 Å². The molecule has 6 rings (SSSR count). The predicted molar refractivity (Wildman–Crippen MR) is 167 cm³/mol. The van der Waals surface area contributed by atoms with Crippen molar-refractivity contribution in [1.29, 1.82) is 0 Å². The fraction of sp³-hybridized carbons (Fsp3) is 0.121. The number of ether oxygens (including phenoxy) is 1. The minimum absolute atomic E-state index is 0.0487. The van der Waals surface area contributed by atoms with E-state index in [0.717, 1.165) is 40.2 Å². The lowest BCUT2D eigenvalue weighted by molar-refractivity contribution is -0.122. The first kappa shape index (κ1) is 26.0. The molecule has 1 aromatic heterocycles. The molecule has 0 aliphatic carbocycles. The number of hydrogen-bond donors (Lipinski definition) is 0. The third-order valence-corrected chi connectivity index (χ3v) is 8.15. The number of carbonyl (C=O) groups is 1. The molecule has 0 spiro atoms. The second-order valence-corrected chi connectivity index (χ2v) is 11.2. The molecule has 1 amide bonds. The van der Waals surface area contributed by atoms with E-state index in [1.807, 2.05) is 84.5 Å². The number of nitrogens with zero attached hydrogens (tertiary/aromatic N) is 3. The zero-order valence-electron chi connectivity index (χ0n) is 22.0. The Morgan fingerprint density at radius 1 is 0.925 bits per heavy atom. The molecule has 1 fully saturated rings. The second kappa shape index (κ2) is 11.5. The van der Waals surface area contributed by atoms with E-state index in [2.05, 4.69) is 36.4 Å². The summed E-state index contributed by atoms with van der Waals surface area (Å²) in [5.41, 5.74) is 4.65. The van der Waals surface area contributed by atoms with E-state index < -0.39 is 0 Å². The lowest BCUT2D eigenvalue weighted by Gasteiger charge is -2.11. The molecule has 1 aliphatic rings. The number of hydrogen-bond acceptors (Lipinski definition) is 5. The van der Waals surface area contributed by atoms with Crippen molar-refractivity contribution in [3.8, 4) is 22.7 Å². The molecule has 0 bridgehead atoms. The number of thioether (sulfide) groups is 1. The first-order chi connectivity index (χ1) is 19.6. The number of benzene rings is 4. The average Bonchev–Trinajstić information content (AvgIpc) is 3.53. The van der Waals surface area contributed by atoms with Crippen LogP contribution >= 0.6 is 24.0 Å². The molecule has 40 heavy (non-hydrogen) atoms. The monoisotopic (exact) mass is 561 g/mol. The quantitative estimate of drug-likeness (QED) is 0.142. The van der Waals surface area contributed by atoms with Gasteiger partial charge >= 0.3 is 0 Å². The molecule has 5 aromatic rings. The average molecular weight is 562 g/mol. The molecule has 0 unspecified atom stereocenters. The number of thiocarbonyl (C=S) groups is 1. The summed E-state index contributed by atoms with van der Waals surface area (Å²) in [5.74, 6) is 0.730. The Kier molecular flexibility index (Phi) is 7.49. The van der Waals surface area contributed by atoms with E-state index in [9.17, 15) is 4.79 Å². The number of fused-ring (bicyclic) bond motifs is 1. The number of amides is 1. The van der Waals surface area contributed by atoms with Crippen molar-refractivity contribution in [2.24, 2.45) is 0 Å². The van der Waals surface area contributed by atoms with Crippen LogP contribution < -0.4 is 4.74 Å². The molecule has 4 aromatic carbocycles. The minimum atomic E-state index is -0.0487. The fourth-order valence-electron chi connectivity index (χ4n) is 4.78. The van der Waals surface area contributed by atoms with Crippen molar-refractivity contribution in [1.82, 2.24) is 14.7 Å². The SMILES string of the molecule is CCCN1C(=O)/C(=C/c2cn(-c3ccccc3)nc2-c2ccc(OCc3cccc4ccccc34)cc2)SC1=S. The molecule has 5 nitrogen and oxygen atoms in total.